The molecule has 4 rings (SSSR count). The lowest BCUT2D eigenvalue weighted by molar-refractivity contribution is -0.143. The van der Waals surface area contributed by atoms with E-state index >= 15 is 0 Å². The summed E-state index contributed by atoms with van der Waals surface area (Å²) < 4.78 is 45.6. The minimum absolute atomic E-state index is 0.334. The van der Waals surface area contributed by atoms with Gasteiger partial charge in [0.1, 0.15) is 5.75 Å². The van der Waals surface area contributed by atoms with Crippen molar-refractivity contribution in [3.05, 3.63) is 59.5 Å². The summed E-state index contributed by atoms with van der Waals surface area (Å²) in [7, 11) is 5.59. The van der Waals surface area contributed by atoms with Crippen LogP contribution in [-0.2, 0) is 11.2 Å². The van der Waals surface area contributed by atoms with Crippen molar-refractivity contribution in [3.63, 3.8) is 0 Å². The van der Waals surface area contributed by atoms with Gasteiger partial charge in [0.05, 0.1) is 29.9 Å². The molecule has 1 aliphatic rings. The van der Waals surface area contributed by atoms with E-state index in [4.69, 9.17) is 4.74 Å². The maximum Gasteiger partial charge on any atom is 0.249 e. The third-order valence-electron chi connectivity index (χ3n) is 7.76. The highest BCUT2D eigenvalue weighted by molar-refractivity contribution is 7.99. The number of carbonyl (C=O) groups is 1. The van der Waals surface area contributed by atoms with Gasteiger partial charge in [0.25, 0.3) is 0 Å². The van der Waals surface area contributed by atoms with E-state index in [2.05, 4.69) is 9.88 Å². The Labute approximate surface area is 236 Å². The van der Waals surface area contributed by atoms with Crippen LogP contribution < -0.4 is 15.1 Å². The van der Waals surface area contributed by atoms with Gasteiger partial charge in [-0.15, -0.1) is 11.8 Å². The van der Waals surface area contributed by atoms with Crippen molar-refractivity contribution >= 4 is 34.3 Å². The molecule has 7 nitrogen and oxygen atoms in total. The lowest BCUT2D eigenvalue weighted by Gasteiger charge is -2.40. The number of anilines is 1. The van der Waals surface area contributed by atoms with Gasteiger partial charge in [-0.05, 0) is 81.1 Å². The number of rotatable bonds is 11. The number of amides is 1. The molecule has 0 atom stereocenters. The first-order valence-electron chi connectivity index (χ1n) is 13.2. The van der Waals surface area contributed by atoms with Gasteiger partial charge in [-0.1, -0.05) is 0 Å². The fraction of sp³-hybridized carbons (Fsp3) is 0.448. The number of hydroxylamine groups is 1. The molecule has 2 aromatic carbocycles. The molecule has 0 bridgehead atoms. The van der Waals surface area contributed by atoms with E-state index in [9.17, 15) is 23.2 Å². The predicted octanol–water partition coefficient (Wildman–Crippen LogP) is 5.43. The fourth-order valence-corrected chi connectivity index (χ4v) is 6.38. The molecule has 1 amide bonds. The summed E-state index contributed by atoms with van der Waals surface area (Å²) >= 11 is 1.25. The summed E-state index contributed by atoms with van der Waals surface area (Å²) in [5.74, 6) is -2.91. The molecule has 1 saturated heterocycles. The van der Waals surface area contributed by atoms with Gasteiger partial charge in [-0.2, -0.15) is 0 Å². The van der Waals surface area contributed by atoms with Crippen molar-refractivity contribution in [2.45, 2.75) is 37.0 Å². The number of methoxy groups -OCH3 is 1. The smallest absolute Gasteiger partial charge is 0.249 e. The molecular weight excluding hydrogens is 541 g/mol. The van der Waals surface area contributed by atoms with E-state index in [1.807, 2.05) is 48.9 Å². The van der Waals surface area contributed by atoms with Crippen LogP contribution in [0.5, 0.6) is 5.75 Å². The molecule has 3 aromatic rings. The van der Waals surface area contributed by atoms with Gasteiger partial charge in [0, 0.05) is 36.7 Å². The highest BCUT2D eigenvalue weighted by atomic mass is 32.2. The topological polar surface area (TPSA) is 77.9 Å². The van der Waals surface area contributed by atoms with Crippen LogP contribution in [0.2, 0.25) is 0 Å². The summed E-state index contributed by atoms with van der Waals surface area (Å²) in [5, 5.41) is 10.6. The minimum atomic E-state index is -1.46. The van der Waals surface area contributed by atoms with Crippen LogP contribution in [0, 0.1) is 22.9 Å². The number of halogens is 3. The largest absolute Gasteiger partial charge is 0.497 e. The molecule has 40 heavy (non-hydrogen) atoms. The monoisotopic (exact) mass is 576 g/mol. The van der Waals surface area contributed by atoms with Crippen molar-refractivity contribution in [1.29, 1.82) is 0 Å². The number of nitrogens with zero attached hydrogens (tertiary/aromatic N) is 3. The van der Waals surface area contributed by atoms with Gasteiger partial charge in [-0.3, -0.25) is 15.0 Å². The number of aryl methyl sites for hydroxylation is 1. The average Bonchev–Trinajstić information content (AvgIpc) is 2.95. The van der Waals surface area contributed by atoms with E-state index in [1.54, 1.807) is 7.11 Å². The Morgan fingerprint density at radius 1 is 1.18 bits per heavy atom. The lowest BCUT2D eigenvalue weighted by Crippen LogP contribution is -2.48. The summed E-state index contributed by atoms with van der Waals surface area (Å²) in [6.07, 6.45) is 5.10. The molecule has 2 N–H and O–H groups in total. The third-order valence-corrected chi connectivity index (χ3v) is 8.71. The highest BCUT2D eigenvalue weighted by Gasteiger charge is 2.40. The number of pyridine rings is 1. The quantitative estimate of drug-likeness (QED) is 0.136. The number of ether oxygens (including phenoxy) is 1. The summed E-state index contributed by atoms with van der Waals surface area (Å²) in [6.45, 7) is 1.95. The van der Waals surface area contributed by atoms with Crippen LogP contribution in [0.4, 0.5) is 18.9 Å². The zero-order chi connectivity index (χ0) is 28.9. The minimum Gasteiger partial charge on any atom is -0.497 e. The summed E-state index contributed by atoms with van der Waals surface area (Å²) in [4.78, 5) is 22.0. The Kier molecular flexibility index (Phi) is 9.81. The third kappa shape index (κ3) is 6.64. The summed E-state index contributed by atoms with van der Waals surface area (Å²) in [5.41, 5.74) is 4.22. The second kappa shape index (κ2) is 13.1. The van der Waals surface area contributed by atoms with E-state index in [1.165, 1.54) is 11.8 Å². The summed E-state index contributed by atoms with van der Waals surface area (Å²) in [6, 6.07) is 7.82. The van der Waals surface area contributed by atoms with Crippen molar-refractivity contribution < 1.29 is 27.9 Å². The maximum absolute atomic E-state index is 13.5. The van der Waals surface area contributed by atoms with Crippen molar-refractivity contribution in [2.75, 3.05) is 51.5 Å². The first-order valence-corrected chi connectivity index (χ1v) is 14.2. The number of fused-ring (bicyclic) bond motifs is 1. The van der Waals surface area contributed by atoms with Gasteiger partial charge in [-0.25, -0.2) is 18.7 Å². The standard InChI is InChI=1S/C29H35F3N4O3S/c1-35(2)26-18-33-25-7-6-19(39-3)15-22(25)21(26)5-4-8-29(28(37)34-38)9-11-36(12-10-29)13-14-40-20-16-23(30)27(32)24(31)17-20/h6-7,15-18,38H,4-5,8-14H2,1-3H3,(H,34,37). The van der Waals surface area contributed by atoms with Crippen LogP contribution in [0.25, 0.3) is 10.9 Å². The number of hydrogen-bond acceptors (Lipinski definition) is 7. The molecule has 0 saturated carbocycles. The molecule has 1 aromatic heterocycles. The van der Waals surface area contributed by atoms with Gasteiger partial charge < -0.3 is 14.5 Å². The Bertz CT molecular complexity index is 1330. The number of benzene rings is 2. The molecule has 1 fully saturated rings. The number of carbonyl (C=O) groups excluding carboxylic acids is 1. The number of likely N-dealkylation sites (tertiary alicyclic amines) is 1. The molecule has 11 heteroatoms. The molecule has 0 unspecified atom stereocenters. The first kappa shape index (κ1) is 30.0. The Hall–Kier alpha value is -3.02. The van der Waals surface area contributed by atoms with Gasteiger partial charge >= 0.3 is 0 Å². The van der Waals surface area contributed by atoms with Crippen LogP contribution in [0.15, 0.2) is 41.4 Å². The molecule has 0 aliphatic carbocycles. The molecule has 1 aliphatic heterocycles. The second-order valence-electron chi connectivity index (χ2n) is 10.4. The molecule has 216 valence electrons. The Balaban J connectivity index is 1.39. The highest BCUT2D eigenvalue weighted by Crippen LogP contribution is 2.38. The van der Waals surface area contributed by atoms with E-state index in [0.29, 0.717) is 49.5 Å². The van der Waals surface area contributed by atoms with Crippen molar-refractivity contribution in [3.8, 4) is 5.75 Å². The van der Waals surface area contributed by atoms with Crippen LogP contribution in [-0.4, -0.2) is 67.6 Å². The molecule has 0 radical (unpaired) electrons. The Morgan fingerprint density at radius 2 is 1.88 bits per heavy atom. The number of thioether (sulfide) groups is 1. The maximum atomic E-state index is 13.5. The molecule has 0 spiro atoms. The number of hydrogen-bond donors (Lipinski definition) is 2. The second-order valence-corrected chi connectivity index (χ2v) is 11.5. The van der Waals surface area contributed by atoms with E-state index in [-0.39, 0.29) is 5.91 Å². The Morgan fingerprint density at radius 3 is 2.50 bits per heavy atom. The zero-order valence-corrected chi connectivity index (χ0v) is 23.8. The van der Waals surface area contributed by atoms with Crippen LogP contribution >= 0.6 is 11.8 Å². The average molecular weight is 577 g/mol. The van der Waals surface area contributed by atoms with Gasteiger partial charge in [0.2, 0.25) is 5.91 Å². The molecule has 2 heterocycles. The normalized spacial score (nSPS) is 15.3. The zero-order valence-electron chi connectivity index (χ0n) is 23.0. The lowest BCUT2D eigenvalue weighted by atomic mass is 9.73. The fourth-order valence-electron chi connectivity index (χ4n) is 5.42. The predicted molar refractivity (Wildman–Crippen MR) is 151 cm³/mol. The van der Waals surface area contributed by atoms with Crippen LogP contribution in [0.3, 0.4) is 0 Å². The van der Waals surface area contributed by atoms with Gasteiger partial charge in [0.15, 0.2) is 17.5 Å². The SMILES string of the molecule is COc1ccc2ncc(N(C)C)c(CCCC3(C(=O)NO)CCN(CCSc4cc(F)c(F)c(F)c4)CC3)c2c1. The van der Waals surface area contributed by atoms with E-state index in [0.717, 1.165) is 52.9 Å². The van der Waals surface area contributed by atoms with Crippen molar-refractivity contribution in [1.82, 2.24) is 15.4 Å². The van der Waals surface area contributed by atoms with Crippen LogP contribution in [0.1, 0.15) is 31.2 Å². The number of nitrogens with one attached hydrogen (secondary N) is 1. The first-order chi connectivity index (χ1) is 19.2. The number of aromatic nitrogens is 1. The number of piperidine rings is 1. The van der Waals surface area contributed by atoms with E-state index < -0.39 is 22.9 Å². The molecular formula is C29H35F3N4O3S. The van der Waals surface area contributed by atoms with Crippen molar-refractivity contribution in [2.24, 2.45) is 5.41 Å².